The van der Waals surface area contributed by atoms with Crippen LogP contribution in [-0.4, -0.2) is 25.7 Å². The summed E-state index contributed by atoms with van der Waals surface area (Å²) >= 11 is 2.85. The van der Waals surface area contributed by atoms with Gasteiger partial charge in [0.1, 0.15) is 5.82 Å². The minimum absolute atomic E-state index is 0.0645. The smallest absolute Gasteiger partial charge is 0.312 e. The van der Waals surface area contributed by atoms with E-state index < -0.39 is 31.9 Å². The summed E-state index contributed by atoms with van der Waals surface area (Å²) in [6.07, 6.45) is 0. The van der Waals surface area contributed by atoms with E-state index in [0.29, 0.717) is 0 Å². The van der Waals surface area contributed by atoms with Crippen molar-refractivity contribution in [2.75, 3.05) is 12.4 Å². The first-order valence-electron chi connectivity index (χ1n) is 5.68. The van der Waals surface area contributed by atoms with Crippen LogP contribution in [0.5, 0.6) is 5.75 Å². The summed E-state index contributed by atoms with van der Waals surface area (Å²) in [7, 11) is -3.72. The summed E-state index contributed by atoms with van der Waals surface area (Å²) < 4.78 is 40.8. The molecule has 0 aliphatic rings. The van der Waals surface area contributed by atoms with Crippen molar-refractivity contribution in [2.24, 2.45) is 10.6 Å². The van der Waals surface area contributed by atoms with E-state index in [1.54, 1.807) is 13.8 Å². The van der Waals surface area contributed by atoms with Crippen LogP contribution >= 0.6 is 15.9 Å². The van der Waals surface area contributed by atoms with Gasteiger partial charge in [-0.15, -0.1) is 0 Å². The van der Waals surface area contributed by atoms with Gasteiger partial charge in [0.2, 0.25) is 10.0 Å². The van der Waals surface area contributed by atoms with E-state index in [1.807, 2.05) is 0 Å². The second-order valence-corrected chi connectivity index (χ2v) is 7.72. The first-order chi connectivity index (χ1) is 9.41. The Morgan fingerprint density at radius 1 is 1.48 bits per heavy atom. The molecule has 0 bridgehead atoms. The summed E-state index contributed by atoms with van der Waals surface area (Å²) in [6, 6.07) is 1.85. The molecule has 0 spiro atoms. The molecule has 0 heterocycles. The highest BCUT2D eigenvalue weighted by Crippen LogP contribution is 2.33. The number of benzene rings is 1. The molecular weight excluding hydrogens is 371 g/mol. The van der Waals surface area contributed by atoms with Gasteiger partial charge in [-0.05, 0) is 15.9 Å². The van der Waals surface area contributed by atoms with E-state index in [0.717, 1.165) is 12.1 Å². The van der Waals surface area contributed by atoms with Gasteiger partial charge in [0.25, 0.3) is 0 Å². The Labute approximate surface area is 129 Å². The number of nitro benzene ring substituents is 1. The Hall–Kier alpha value is -1.26. The van der Waals surface area contributed by atoms with Gasteiger partial charge in [0.15, 0.2) is 5.75 Å². The average molecular weight is 385 g/mol. The molecule has 0 aromatic heterocycles. The largest absolute Gasteiger partial charge is 0.486 e. The molecule has 2 N–H and O–H groups in total. The van der Waals surface area contributed by atoms with E-state index in [-0.39, 0.29) is 22.6 Å². The van der Waals surface area contributed by atoms with Gasteiger partial charge in [0, 0.05) is 17.5 Å². The maximum atomic E-state index is 13.4. The average Bonchev–Trinajstić information content (AvgIpc) is 2.26. The second-order valence-electron chi connectivity index (χ2n) is 5.25. The van der Waals surface area contributed by atoms with Gasteiger partial charge in [-0.25, -0.2) is 17.9 Å². The fourth-order valence-corrected chi connectivity index (χ4v) is 3.14. The molecule has 0 aliphatic carbocycles. The highest BCUT2D eigenvalue weighted by Gasteiger charge is 2.27. The summed E-state index contributed by atoms with van der Waals surface area (Å²) in [6.45, 7) is 2.96. The van der Waals surface area contributed by atoms with Crippen molar-refractivity contribution in [1.82, 2.24) is 0 Å². The fourth-order valence-electron chi connectivity index (χ4n) is 1.64. The predicted molar refractivity (Wildman–Crippen MR) is 78.0 cm³/mol. The van der Waals surface area contributed by atoms with Crippen molar-refractivity contribution in [2.45, 2.75) is 13.8 Å². The Morgan fingerprint density at radius 2 is 2.05 bits per heavy atom. The standard InChI is InChI=1S/C11H14BrFN2O5S/c1-11(2,6-21(14,18)19)5-20-10-4-8(13)7(12)3-9(10)15(16)17/h3-4H,5-6H2,1-2H3,(H2,14,18,19). The zero-order valence-corrected chi connectivity index (χ0v) is 13.7. The highest BCUT2D eigenvalue weighted by atomic mass is 79.9. The molecule has 10 heteroatoms. The van der Waals surface area contributed by atoms with Gasteiger partial charge in [-0.3, -0.25) is 10.1 Å². The Bertz CT molecular complexity index is 663. The molecule has 1 aromatic rings. The summed E-state index contributed by atoms with van der Waals surface area (Å²) in [5, 5.41) is 15.9. The van der Waals surface area contributed by atoms with Gasteiger partial charge < -0.3 is 4.74 Å². The summed E-state index contributed by atoms with van der Waals surface area (Å²) in [5.74, 6) is -1.37. The van der Waals surface area contributed by atoms with Crippen molar-refractivity contribution in [3.05, 3.63) is 32.5 Å². The third kappa shape index (κ3) is 5.56. The van der Waals surface area contributed by atoms with Gasteiger partial charge in [0.05, 0.1) is 21.8 Å². The molecule has 0 aliphatic heterocycles. The third-order valence-electron chi connectivity index (χ3n) is 2.41. The first-order valence-corrected chi connectivity index (χ1v) is 8.19. The Balaban J connectivity index is 2.98. The van der Waals surface area contributed by atoms with Gasteiger partial charge >= 0.3 is 5.69 Å². The molecule has 118 valence electrons. The fraction of sp³-hybridized carbons (Fsp3) is 0.455. The monoisotopic (exact) mass is 384 g/mol. The lowest BCUT2D eigenvalue weighted by molar-refractivity contribution is -0.386. The zero-order valence-electron chi connectivity index (χ0n) is 11.3. The predicted octanol–water partition coefficient (Wildman–Crippen LogP) is 2.19. The number of sulfonamides is 1. The number of ether oxygens (including phenoxy) is 1. The first kappa shape index (κ1) is 17.8. The SMILES string of the molecule is CC(C)(COc1cc(F)c(Br)cc1[N+](=O)[O-])CS(N)(=O)=O. The number of rotatable bonds is 6. The van der Waals surface area contributed by atoms with Gasteiger partial charge in [-0.2, -0.15) is 0 Å². The van der Waals surface area contributed by atoms with Crippen LogP contribution in [0.4, 0.5) is 10.1 Å². The molecule has 0 saturated carbocycles. The topological polar surface area (TPSA) is 113 Å². The van der Waals surface area contributed by atoms with Crippen LogP contribution in [0.2, 0.25) is 0 Å². The zero-order chi connectivity index (χ0) is 16.4. The van der Waals surface area contributed by atoms with Crippen LogP contribution in [-0.2, 0) is 10.0 Å². The van der Waals surface area contributed by atoms with E-state index in [4.69, 9.17) is 9.88 Å². The molecule has 21 heavy (non-hydrogen) atoms. The van der Waals surface area contributed by atoms with Crippen molar-refractivity contribution in [3.8, 4) is 5.75 Å². The molecule has 7 nitrogen and oxygen atoms in total. The molecule has 1 aromatic carbocycles. The number of primary sulfonamides is 1. The van der Waals surface area contributed by atoms with E-state index in [1.165, 1.54) is 0 Å². The van der Waals surface area contributed by atoms with Crippen LogP contribution in [0.25, 0.3) is 0 Å². The van der Waals surface area contributed by atoms with Crippen LogP contribution in [0, 0.1) is 21.3 Å². The lowest BCUT2D eigenvalue weighted by Gasteiger charge is -2.23. The van der Waals surface area contributed by atoms with Crippen LogP contribution in [0.3, 0.4) is 0 Å². The van der Waals surface area contributed by atoms with Gasteiger partial charge in [-0.1, -0.05) is 13.8 Å². The number of hydrogen-bond donors (Lipinski definition) is 1. The molecule has 0 unspecified atom stereocenters. The van der Waals surface area contributed by atoms with Crippen LogP contribution < -0.4 is 9.88 Å². The van der Waals surface area contributed by atoms with Crippen molar-refractivity contribution < 1.29 is 22.5 Å². The second kappa shape index (κ2) is 6.24. The van der Waals surface area contributed by atoms with Crippen molar-refractivity contribution in [1.29, 1.82) is 0 Å². The van der Waals surface area contributed by atoms with E-state index in [9.17, 15) is 22.9 Å². The number of hydrogen-bond acceptors (Lipinski definition) is 5. The molecular formula is C11H14BrFN2O5S. The summed E-state index contributed by atoms with van der Waals surface area (Å²) in [4.78, 5) is 10.2. The minimum atomic E-state index is -3.72. The number of nitro groups is 1. The maximum Gasteiger partial charge on any atom is 0.312 e. The van der Waals surface area contributed by atoms with Crippen molar-refractivity contribution in [3.63, 3.8) is 0 Å². The lowest BCUT2D eigenvalue weighted by atomic mass is 9.98. The maximum absolute atomic E-state index is 13.4. The molecule has 0 fully saturated rings. The van der Waals surface area contributed by atoms with E-state index >= 15 is 0 Å². The molecule has 1 rings (SSSR count). The molecule has 0 atom stereocenters. The lowest BCUT2D eigenvalue weighted by Crippen LogP contribution is -2.33. The minimum Gasteiger partial charge on any atom is -0.486 e. The Morgan fingerprint density at radius 3 is 2.52 bits per heavy atom. The Kier molecular flexibility index (Phi) is 5.29. The molecule has 0 radical (unpaired) electrons. The quantitative estimate of drug-likeness (QED) is 0.596. The van der Waals surface area contributed by atoms with Crippen LogP contribution in [0.15, 0.2) is 16.6 Å². The normalized spacial score (nSPS) is 12.2. The van der Waals surface area contributed by atoms with Crippen LogP contribution in [0.1, 0.15) is 13.8 Å². The third-order valence-corrected chi connectivity index (χ3v) is 4.20. The highest BCUT2D eigenvalue weighted by molar-refractivity contribution is 9.10. The number of nitrogens with two attached hydrogens (primary N) is 1. The molecule has 0 amide bonds. The number of nitrogens with zero attached hydrogens (tertiary/aromatic N) is 1. The number of halogens is 2. The summed E-state index contributed by atoms with van der Waals surface area (Å²) in [5.41, 5.74) is -1.31. The molecule has 0 saturated heterocycles. The van der Waals surface area contributed by atoms with Crippen molar-refractivity contribution >= 4 is 31.6 Å². The van der Waals surface area contributed by atoms with E-state index in [2.05, 4.69) is 15.9 Å².